The number of rotatable bonds is 8. The van der Waals surface area contributed by atoms with Crippen LogP contribution in [-0.4, -0.2) is 77.5 Å². The van der Waals surface area contributed by atoms with Crippen molar-refractivity contribution in [3.63, 3.8) is 0 Å². The van der Waals surface area contributed by atoms with Crippen molar-refractivity contribution >= 4 is 10.4 Å². The number of hydrogen-bond acceptors (Lipinski definition) is 9. The third-order valence-corrected chi connectivity index (χ3v) is 25.4. The fraction of sp³-hybridized carbons (Fsp3) is 0.897. The maximum Gasteiger partial charge on any atom is 0.397 e. The van der Waals surface area contributed by atoms with Crippen molar-refractivity contribution in [3.05, 3.63) is 33.9 Å². The molecular formula is C58H88O10S. The van der Waals surface area contributed by atoms with Crippen molar-refractivity contribution in [3.8, 4) is 0 Å². The maximum absolute atomic E-state index is 12.6. The Hall–Kier alpha value is -1.15. The van der Waals surface area contributed by atoms with Gasteiger partial charge >= 0.3 is 10.4 Å². The van der Waals surface area contributed by atoms with Crippen molar-refractivity contribution in [1.82, 2.24) is 0 Å². The van der Waals surface area contributed by atoms with Gasteiger partial charge in [0.1, 0.15) is 0 Å². The molecule has 0 aromatic rings. The quantitative estimate of drug-likeness (QED) is 0.159. The number of hydrogen-bond donors (Lipinski definition) is 3. The number of aliphatic hydroxyl groups is 2. The molecule has 6 saturated heterocycles. The van der Waals surface area contributed by atoms with Crippen LogP contribution < -0.4 is 0 Å². The average Bonchev–Trinajstić information content (AvgIpc) is 3.85. The molecule has 4 saturated carbocycles. The molecular weight excluding hydrogens is 889 g/mol. The van der Waals surface area contributed by atoms with Crippen LogP contribution in [0.3, 0.4) is 0 Å². The molecule has 8 aliphatic carbocycles. The molecule has 6 heterocycles. The van der Waals surface area contributed by atoms with E-state index in [1.165, 1.54) is 36.0 Å². The van der Waals surface area contributed by atoms with Gasteiger partial charge in [-0.2, -0.15) is 8.42 Å². The summed E-state index contributed by atoms with van der Waals surface area (Å²) >= 11 is 0. The Balaban J connectivity index is 0.778. The largest absolute Gasteiger partial charge is 0.397 e. The average molecular weight is 977 g/mol. The Kier molecular flexibility index (Phi) is 10.6. The molecule has 14 aliphatic rings. The second kappa shape index (κ2) is 15.0. The summed E-state index contributed by atoms with van der Waals surface area (Å²) in [5.41, 5.74) is 5.82. The van der Waals surface area contributed by atoms with E-state index in [4.69, 9.17) is 23.1 Å². The normalized spacial score (nSPS) is 51.7. The van der Waals surface area contributed by atoms with Crippen molar-refractivity contribution in [2.75, 3.05) is 13.2 Å². The molecule has 0 amide bonds. The van der Waals surface area contributed by atoms with Crippen LogP contribution in [0.25, 0.3) is 0 Å². The number of allylic oxidation sites excluding steroid dienone is 2. The molecule has 14 rings (SSSR count). The molecule has 2 spiro atoms. The van der Waals surface area contributed by atoms with E-state index in [1.807, 2.05) is 13.8 Å². The van der Waals surface area contributed by atoms with Gasteiger partial charge in [-0.3, -0.25) is 4.55 Å². The first kappa shape index (κ1) is 48.8. The van der Waals surface area contributed by atoms with Crippen LogP contribution in [-0.2, 0) is 33.5 Å². The van der Waals surface area contributed by atoms with Crippen molar-refractivity contribution in [1.29, 1.82) is 0 Å². The van der Waals surface area contributed by atoms with E-state index in [0.717, 1.165) is 83.5 Å². The van der Waals surface area contributed by atoms with Crippen molar-refractivity contribution < 1.29 is 46.3 Å². The summed E-state index contributed by atoms with van der Waals surface area (Å²) in [6.07, 6.45) is 19.7. The van der Waals surface area contributed by atoms with E-state index in [-0.39, 0.29) is 51.0 Å². The minimum Gasteiger partial charge on any atom is -0.372 e. The zero-order chi connectivity index (χ0) is 49.1. The van der Waals surface area contributed by atoms with Gasteiger partial charge in [0.15, 0.2) is 11.6 Å². The van der Waals surface area contributed by atoms with Gasteiger partial charge in [0.25, 0.3) is 0 Å². The molecule has 18 atom stereocenters. The van der Waals surface area contributed by atoms with E-state index >= 15 is 0 Å². The zero-order valence-corrected chi connectivity index (χ0v) is 45.0. The molecule has 11 heteroatoms. The standard InChI is InChI=1S/C58H88O10S/c1-33(38-14-16-40-36-13-18-46-49(3,4)57(59)26-24-55(46,31-64-57)42(36)20-22-52(38,40)9)12-19-47-54(11)30-35(51(7,8)68-54)28-44(66-47)34(2)39-15-17-41-37-29-45(67-69(61,62)63)48-50(5,6)58(60)27-25-56(48,32-65-58)43(37)21-23-53(39,41)10/h18,33-35,38-41,44-45,47-48,59-60H,12-17,19-32H2,1-11H3,(H,61,62,63)/t33-,34?,35-,38-,39-,40?,41?,44-,45+,47+,48?,52-,53-,54-,55+,56+,57-,58-/m1/s1. The molecule has 6 aliphatic heterocycles. The highest BCUT2D eigenvalue weighted by atomic mass is 32.3. The Bertz CT molecular complexity index is 2360. The second-order valence-corrected chi connectivity index (χ2v) is 29.6. The van der Waals surface area contributed by atoms with Crippen LogP contribution in [0.4, 0.5) is 0 Å². The zero-order valence-electron chi connectivity index (χ0n) is 44.2. The summed E-state index contributed by atoms with van der Waals surface area (Å²) in [5, 5.41) is 23.3. The van der Waals surface area contributed by atoms with E-state index in [0.29, 0.717) is 67.5 Å². The first-order valence-electron chi connectivity index (χ1n) is 28.0. The lowest BCUT2D eigenvalue weighted by molar-refractivity contribution is -0.375. The Morgan fingerprint density at radius 1 is 0.783 bits per heavy atom. The van der Waals surface area contributed by atoms with Crippen molar-refractivity contribution in [2.24, 2.45) is 79.8 Å². The lowest BCUT2D eigenvalue weighted by atomic mass is 9.42. The monoisotopic (exact) mass is 977 g/mol. The second-order valence-electron chi connectivity index (χ2n) is 28.5. The number of ether oxygens (including phenoxy) is 4. The molecule has 0 aromatic carbocycles. The minimum atomic E-state index is -4.73. The SMILES string of the molecule is CC([C@H]1CCC2C3=C(CC[C@@]21C)[C@]12CC[C@@](O)(OC1)C(C)(C)C2[C@@H](OS(=O)(=O)O)C3)[C@H]1C[C@@H]2C[C@@](C)(OC2(C)C)[C@H](CC[C@@H](C)[C@H]2CCC3C4=C(CC[C@@]32C)[C@]23CC[C@@](O)(OC2)C(C)(C)C3=CC4)O1. The fourth-order valence-corrected chi connectivity index (χ4v) is 21.8. The summed E-state index contributed by atoms with van der Waals surface area (Å²) in [6, 6.07) is 0. The summed E-state index contributed by atoms with van der Waals surface area (Å²) in [4.78, 5) is 0. The predicted molar refractivity (Wildman–Crippen MR) is 264 cm³/mol. The van der Waals surface area contributed by atoms with Gasteiger partial charge in [0.2, 0.25) is 0 Å². The minimum absolute atomic E-state index is 0.0130. The molecule has 0 aromatic heterocycles. The number of fused-ring (bicyclic) bond motifs is 10. The van der Waals surface area contributed by atoms with Gasteiger partial charge in [0.05, 0.1) is 42.7 Å². The summed E-state index contributed by atoms with van der Waals surface area (Å²) in [5.74, 6) is 0.650. The molecule has 69 heavy (non-hydrogen) atoms. The summed E-state index contributed by atoms with van der Waals surface area (Å²) < 4.78 is 68.5. The first-order chi connectivity index (χ1) is 32.1. The van der Waals surface area contributed by atoms with E-state index in [9.17, 15) is 23.2 Å². The highest BCUT2D eigenvalue weighted by Gasteiger charge is 2.72. The van der Waals surface area contributed by atoms with Crippen LogP contribution in [0, 0.1) is 79.8 Å². The fourth-order valence-electron chi connectivity index (χ4n) is 21.3. The first-order valence-corrected chi connectivity index (χ1v) is 29.3. The van der Waals surface area contributed by atoms with Gasteiger partial charge in [-0.25, -0.2) is 4.18 Å². The van der Waals surface area contributed by atoms with Crippen LogP contribution >= 0.6 is 0 Å². The molecule has 6 bridgehead atoms. The molecule has 3 N–H and O–H groups in total. The van der Waals surface area contributed by atoms with E-state index in [1.54, 1.807) is 11.1 Å². The Morgan fingerprint density at radius 2 is 1.43 bits per heavy atom. The molecule has 0 radical (unpaired) electrons. The van der Waals surface area contributed by atoms with Crippen LogP contribution in [0.1, 0.15) is 192 Å². The Labute approximate surface area is 414 Å². The van der Waals surface area contributed by atoms with Crippen LogP contribution in [0.15, 0.2) is 33.9 Å². The van der Waals surface area contributed by atoms with Gasteiger partial charge in [-0.15, -0.1) is 0 Å². The van der Waals surface area contributed by atoms with Crippen LogP contribution in [0.5, 0.6) is 0 Å². The van der Waals surface area contributed by atoms with Crippen molar-refractivity contribution in [2.45, 2.75) is 233 Å². The lowest BCUT2D eigenvalue weighted by Crippen LogP contribution is -2.71. The highest BCUT2D eigenvalue weighted by Crippen LogP contribution is 2.74. The smallest absolute Gasteiger partial charge is 0.372 e. The predicted octanol–water partition coefficient (Wildman–Crippen LogP) is 11.6. The van der Waals surface area contributed by atoms with Gasteiger partial charge in [-0.05, 0) is 176 Å². The third kappa shape index (κ3) is 6.45. The van der Waals surface area contributed by atoms with Gasteiger partial charge < -0.3 is 29.2 Å². The van der Waals surface area contributed by atoms with E-state index in [2.05, 4.69) is 68.4 Å². The highest BCUT2D eigenvalue weighted by molar-refractivity contribution is 7.80. The van der Waals surface area contributed by atoms with Crippen LogP contribution in [0.2, 0.25) is 0 Å². The molecule has 10 fully saturated rings. The lowest BCUT2D eigenvalue weighted by Gasteiger charge is -2.68. The third-order valence-electron chi connectivity index (χ3n) is 24.9. The topological polar surface area (TPSA) is 141 Å². The van der Waals surface area contributed by atoms with E-state index < -0.39 is 38.9 Å². The van der Waals surface area contributed by atoms with Gasteiger partial charge in [-0.1, -0.05) is 89.3 Å². The summed E-state index contributed by atoms with van der Waals surface area (Å²) in [6.45, 7) is 26.6. The molecule has 386 valence electrons. The summed E-state index contributed by atoms with van der Waals surface area (Å²) in [7, 11) is -4.73. The Morgan fingerprint density at radius 3 is 2.10 bits per heavy atom. The molecule has 4 unspecified atom stereocenters. The molecule has 10 nitrogen and oxygen atoms in total. The maximum atomic E-state index is 12.6. The van der Waals surface area contributed by atoms with Gasteiger partial charge in [0, 0.05) is 40.4 Å².